The second kappa shape index (κ2) is 7.37. The fourth-order valence-electron chi connectivity index (χ4n) is 1.85. The van der Waals surface area contributed by atoms with Gasteiger partial charge in [-0.3, -0.25) is 4.79 Å². The maximum atomic E-state index is 13.5. The largest absolute Gasteiger partial charge is 0.435 e. The standard InChI is InChI=1S/C16H7F7O2/c17-11-9(12(18)14(20)15(21)13(11)19)4-5-10(24)7-2-1-3-8(6-7)25-16(22)23/h1-6,16H/b5-4+. The molecule has 0 aromatic heterocycles. The van der Waals surface area contributed by atoms with E-state index >= 15 is 0 Å². The van der Waals surface area contributed by atoms with Crippen LogP contribution in [0.1, 0.15) is 15.9 Å². The highest BCUT2D eigenvalue weighted by Gasteiger charge is 2.24. The molecule has 9 heteroatoms. The number of ketones is 1. The number of benzene rings is 2. The second-order valence-electron chi connectivity index (χ2n) is 4.59. The van der Waals surface area contributed by atoms with Crippen LogP contribution in [0.5, 0.6) is 5.75 Å². The van der Waals surface area contributed by atoms with Crippen LogP contribution in [0.15, 0.2) is 30.3 Å². The van der Waals surface area contributed by atoms with Crippen LogP contribution >= 0.6 is 0 Å². The van der Waals surface area contributed by atoms with E-state index in [9.17, 15) is 35.5 Å². The summed E-state index contributed by atoms with van der Waals surface area (Å²) in [4.78, 5) is 11.9. The summed E-state index contributed by atoms with van der Waals surface area (Å²) in [5.41, 5.74) is -1.50. The third kappa shape index (κ3) is 3.98. The zero-order valence-corrected chi connectivity index (χ0v) is 12.0. The topological polar surface area (TPSA) is 26.3 Å². The predicted molar refractivity (Wildman–Crippen MR) is 72.7 cm³/mol. The van der Waals surface area contributed by atoms with Crippen molar-refractivity contribution in [3.8, 4) is 5.75 Å². The molecule has 0 saturated heterocycles. The van der Waals surface area contributed by atoms with Crippen LogP contribution in [-0.4, -0.2) is 12.4 Å². The fraction of sp³-hybridized carbons (Fsp3) is 0.0625. The van der Waals surface area contributed by atoms with Gasteiger partial charge in [-0.05, 0) is 24.3 Å². The Hall–Kier alpha value is -2.84. The minimum atomic E-state index is -3.13. The van der Waals surface area contributed by atoms with Crippen LogP contribution in [0.25, 0.3) is 6.08 Å². The Morgan fingerprint density at radius 1 is 0.920 bits per heavy atom. The molecule has 0 aliphatic heterocycles. The van der Waals surface area contributed by atoms with Crippen LogP contribution in [0.2, 0.25) is 0 Å². The average Bonchev–Trinajstić information content (AvgIpc) is 2.57. The highest BCUT2D eigenvalue weighted by atomic mass is 19.3. The van der Waals surface area contributed by atoms with E-state index in [2.05, 4.69) is 4.74 Å². The van der Waals surface area contributed by atoms with Gasteiger partial charge in [0, 0.05) is 5.56 Å². The molecule has 0 fully saturated rings. The molecule has 132 valence electrons. The minimum Gasteiger partial charge on any atom is -0.435 e. The van der Waals surface area contributed by atoms with Crippen LogP contribution in [0.4, 0.5) is 30.7 Å². The molecular weight excluding hydrogens is 357 g/mol. The minimum absolute atomic E-state index is 0.196. The van der Waals surface area contributed by atoms with Crippen molar-refractivity contribution in [1.29, 1.82) is 0 Å². The van der Waals surface area contributed by atoms with E-state index in [-0.39, 0.29) is 11.3 Å². The van der Waals surface area contributed by atoms with Crippen LogP contribution in [-0.2, 0) is 0 Å². The first-order valence-corrected chi connectivity index (χ1v) is 6.51. The van der Waals surface area contributed by atoms with Crippen LogP contribution in [0.3, 0.4) is 0 Å². The van der Waals surface area contributed by atoms with E-state index in [0.717, 1.165) is 12.1 Å². The van der Waals surface area contributed by atoms with Gasteiger partial charge in [0.25, 0.3) is 0 Å². The van der Waals surface area contributed by atoms with Crippen molar-refractivity contribution in [3.05, 3.63) is 70.6 Å². The van der Waals surface area contributed by atoms with Gasteiger partial charge in [-0.1, -0.05) is 12.1 Å². The Balaban J connectivity index is 2.33. The summed E-state index contributed by atoms with van der Waals surface area (Å²) in [5, 5.41) is 0. The first-order chi connectivity index (χ1) is 11.7. The molecule has 0 saturated carbocycles. The molecular formula is C16H7F7O2. The molecule has 0 bridgehead atoms. The van der Waals surface area contributed by atoms with Crippen LogP contribution < -0.4 is 4.74 Å². The third-order valence-electron chi connectivity index (χ3n) is 2.99. The predicted octanol–water partition coefficient (Wildman–Crippen LogP) is 4.88. The van der Waals surface area contributed by atoms with Gasteiger partial charge in [0.1, 0.15) is 5.75 Å². The number of carbonyl (C=O) groups excluding carboxylic acids is 1. The molecule has 0 radical (unpaired) electrons. The zero-order valence-electron chi connectivity index (χ0n) is 12.0. The van der Waals surface area contributed by atoms with Crippen molar-refractivity contribution in [3.63, 3.8) is 0 Å². The monoisotopic (exact) mass is 364 g/mol. The number of carbonyl (C=O) groups is 1. The summed E-state index contributed by atoms with van der Waals surface area (Å²) < 4.78 is 94.3. The lowest BCUT2D eigenvalue weighted by Crippen LogP contribution is -2.05. The molecule has 2 nitrogen and oxygen atoms in total. The summed E-state index contributed by atoms with van der Waals surface area (Å²) in [5.74, 6) is -12.1. The summed E-state index contributed by atoms with van der Waals surface area (Å²) >= 11 is 0. The normalized spacial score (nSPS) is 11.4. The first-order valence-electron chi connectivity index (χ1n) is 6.51. The van der Waals surface area contributed by atoms with Gasteiger partial charge in [0.15, 0.2) is 29.1 Å². The molecule has 0 spiro atoms. The molecule has 0 N–H and O–H groups in total. The van der Waals surface area contributed by atoms with Crippen molar-refractivity contribution < 1.29 is 40.3 Å². The number of allylic oxidation sites excluding steroid dienone is 1. The summed E-state index contributed by atoms with van der Waals surface area (Å²) in [6.45, 7) is -3.13. The van der Waals surface area contributed by atoms with E-state index in [1.807, 2.05) is 0 Å². The first kappa shape index (κ1) is 18.5. The SMILES string of the molecule is O=C(/C=C/c1c(F)c(F)c(F)c(F)c1F)c1cccc(OC(F)F)c1. The Kier molecular flexibility index (Phi) is 5.45. The quantitative estimate of drug-likeness (QED) is 0.249. The molecule has 0 atom stereocenters. The van der Waals surface area contributed by atoms with E-state index in [4.69, 9.17) is 0 Å². The smallest absolute Gasteiger partial charge is 0.387 e. The van der Waals surface area contributed by atoms with Gasteiger partial charge in [0.05, 0.1) is 5.56 Å². The molecule has 25 heavy (non-hydrogen) atoms. The number of rotatable bonds is 5. The summed E-state index contributed by atoms with van der Waals surface area (Å²) in [7, 11) is 0. The van der Waals surface area contributed by atoms with Crippen molar-refractivity contribution in [1.82, 2.24) is 0 Å². The third-order valence-corrected chi connectivity index (χ3v) is 2.99. The average molecular weight is 364 g/mol. The fourth-order valence-corrected chi connectivity index (χ4v) is 1.85. The van der Waals surface area contributed by atoms with Gasteiger partial charge in [-0.25, -0.2) is 22.0 Å². The summed E-state index contributed by atoms with van der Waals surface area (Å²) in [6, 6.07) is 4.45. The molecule has 2 rings (SSSR count). The number of halogens is 7. The van der Waals surface area contributed by atoms with Gasteiger partial charge >= 0.3 is 6.61 Å². The highest BCUT2D eigenvalue weighted by Crippen LogP contribution is 2.24. The maximum absolute atomic E-state index is 13.5. The Bertz CT molecular complexity index is 818. The summed E-state index contributed by atoms with van der Waals surface area (Å²) in [6.07, 6.45) is 0.943. The number of alkyl halides is 2. The maximum Gasteiger partial charge on any atom is 0.387 e. The molecule has 0 amide bonds. The molecule has 2 aromatic carbocycles. The van der Waals surface area contributed by atoms with Gasteiger partial charge in [0.2, 0.25) is 5.82 Å². The Morgan fingerprint density at radius 3 is 2.04 bits per heavy atom. The van der Waals surface area contributed by atoms with Gasteiger partial charge in [-0.15, -0.1) is 0 Å². The zero-order chi connectivity index (χ0) is 18.7. The van der Waals surface area contributed by atoms with E-state index in [1.165, 1.54) is 12.1 Å². The van der Waals surface area contributed by atoms with E-state index < -0.39 is 47.0 Å². The Labute approximate surface area is 136 Å². The second-order valence-corrected chi connectivity index (χ2v) is 4.59. The number of hydrogen-bond acceptors (Lipinski definition) is 2. The van der Waals surface area contributed by atoms with E-state index in [0.29, 0.717) is 12.2 Å². The molecule has 0 aliphatic carbocycles. The molecule has 0 unspecified atom stereocenters. The van der Waals surface area contributed by atoms with Crippen molar-refractivity contribution in [2.24, 2.45) is 0 Å². The Morgan fingerprint density at radius 2 is 1.48 bits per heavy atom. The highest BCUT2D eigenvalue weighted by molar-refractivity contribution is 6.07. The van der Waals surface area contributed by atoms with Crippen molar-refractivity contribution in [2.45, 2.75) is 6.61 Å². The molecule has 0 heterocycles. The van der Waals surface area contributed by atoms with E-state index in [1.54, 1.807) is 0 Å². The van der Waals surface area contributed by atoms with Gasteiger partial charge < -0.3 is 4.74 Å². The van der Waals surface area contributed by atoms with Crippen LogP contribution in [0, 0.1) is 29.1 Å². The van der Waals surface area contributed by atoms with Crippen molar-refractivity contribution in [2.75, 3.05) is 0 Å². The lowest BCUT2D eigenvalue weighted by atomic mass is 10.1. The molecule has 2 aromatic rings. The number of hydrogen-bond donors (Lipinski definition) is 0. The molecule has 0 aliphatic rings. The lowest BCUT2D eigenvalue weighted by molar-refractivity contribution is -0.0498. The van der Waals surface area contributed by atoms with Gasteiger partial charge in [-0.2, -0.15) is 8.78 Å². The number of ether oxygens (including phenoxy) is 1. The van der Waals surface area contributed by atoms with Crippen molar-refractivity contribution >= 4 is 11.9 Å². The lowest BCUT2D eigenvalue weighted by Gasteiger charge is -2.05.